The van der Waals surface area contributed by atoms with E-state index in [9.17, 15) is 4.79 Å². The van der Waals surface area contributed by atoms with Crippen molar-refractivity contribution in [3.8, 4) is 0 Å². The van der Waals surface area contributed by atoms with E-state index in [0.29, 0.717) is 13.2 Å². The van der Waals surface area contributed by atoms with Crippen LogP contribution in [0.25, 0.3) is 0 Å². The van der Waals surface area contributed by atoms with Gasteiger partial charge >= 0.3 is 0 Å². The normalized spacial score (nSPS) is 12.4. The number of hydrogen-bond donors (Lipinski definition) is 2. The first kappa shape index (κ1) is 15.4. The van der Waals surface area contributed by atoms with Crippen LogP contribution in [0.5, 0.6) is 0 Å². The van der Waals surface area contributed by atoms with Crippen LogP contribution in [0.15, 0.2) is 0 Å². The molecule has 0 fully saturated rings. The molecule has 4 heteroatoms. The summed E-state index contributed by atoms with van der Waals surface area (Å²) in [5.74, 6) is -0.0459. The van der Waals surface area contributed by atoms with E-state index < -0.39 is 0 Å². The molecule has 0 aromatic carbocycles. The van der Waals surface area contributed by atoms with Gasteiger partial charge in [0.05, 0.1) is 6.04 Å². The molecule has 0 saturated heterocycles. The van der Waals surface area contributed by atoms with Gasteiger partial charge < -0.3 is 15.8 Å². The first-order valence-corrected chi connectivity index (χ1v) is 6.33. The van der Waals surface area contributed by atoms with Gasteiger partial charge in [0.25, 0.3) is 0 Å². The summed E-state index contributed by atoms with van der Waals surface area (Å²) in [7, 11) is 0. The minimum atomic E-state index is -0.356. The number of nitrogens with one attached hydrogen (secondary N) is 1. The predicted molar refractivity (Wildman–Crippen MR) is 66.2 cm³/mol. The topological polar surface area (TPSA) is 64.3 Å². The van der Waals surface area contributed by atoms with E-state index in [2.05, 4.69) is 12.2 Å². The lowest BCUT2D eigenvalue weighted by molar-refractivity contribution is -0.122. The number of amides is 1. The Hall–Kier alpha value is -0.610. The molecule has 0 heterocycles. The van der Waals surface area contributed by atoms with Crippen molar-refractivity contribution in [3.05, 3.63) is 0 Å². The average molecular weight is 230 g/mol. The van der Waals surface area contributed by atoms with Gasteiger partial charge in [0.15, 0.2) is 0 Å². The largest absolute Gasteiger partial charge is 0.381 e. The highest BCUT2D eigenvalue weighted by Crippen LogP contribution is 1.93. The average Bonchev–Trinajstić information content (AvgIpc) is 2.28. The maximum Gasteiger partial charge on any atom is 0.236 e. The second-order valence-electron chi connectivity index (χ2n) is 4.01. The van der Waals surface area contributed by atoms with Gasteiger partial charge in [-0.1, -0.05) is 26.7 Å². The van der Waals surface area contributed by atoms with Crippen molar-refractivity contribution >= 4 is 5.91 Å². The standard InChI is InChI=1S/C12H26N2O2/c1-3-5-9-16-10-6-8-14-12(15)11(13)7-4-2/h11H,3-10,13H2,1-2H3,(H,14,15)/t11-/m0/s1. The lowest BCUT2D eigenvalue weighted by Gasteiger charge is -2.11. The molecule has 0 bridgehead atoms. The van der Waals surface area contributed by atoms with Gasteiger partial charge in [0, 0.05) is 19.8 Å². The molecule has 0 aliphatic rings. The first-order valence-electron chi connectivity index (χ1n) is 6.33. The fourth-order valence-electron chi connectivity index (χ4n) is 1.31. The number of ether oxygens (including phenoxy) is 1. The highest BCUT2D eigenvalue weighted by atomic mass is 16.5. The van der Waals surface area contributed by atoms with Crippen LogP contribution in [-0.4, -0.2) is 31.7 Å². The SMILES string of the molecule is CCCCOCCCNC(=O)[C@@H](N)CCC. The summed E-state index contributed by atoms with van der Waals surface area (Å²) < 4.78 is 5.38. The van der Waals surface area contributed by atoms with E-state index >= 15 is 0 Å². The van der Waals surface area contributed by atoms with Crippen LogP contribution in [0.2, 0.25) is 0 Å². The summed E-state index contributed by atoms with van der Waals surface area (Å²) in [5.41, 5.74) is 5.66. The van der Waals surface area contributed by atoms with E-state index in [1.54, 1.807) is 0 Å². The fourth-order valence-corrected chi connectivity index (χ4v) is 1.31. The highest BCUT2D eigenvalue weighted by Gasteiger charge is 2.10. The number of rotatable bonds is 10. The molecule has 1 atom stereocenters. The van der Waals surface area contributed by atoms with E-state index in [-0.39, 0.29) is 11.9 Å². The van der Waals surface area contributed by atoms with Crippen molar-refractivity contribution in [2.75, 3.05) is 19.8 Å². The van der Waals surface area contributed by atoms with E-state index in [4.69, 9.17) is 10.5 Å². The molecule has 96 valence electrons. The number of unbranched alkanes of at least 4 members (excludes halogenated alkanes) is 1. The van der Waals surface area contributed by atoms with Crippen LogP contribution >= 0.6 is 0 Å². The van der Waals surface area contributed by atoms with Crippen molar-refractivity contribution < 1.29 is 9.53 Å². The molecular weight excluding hydrogens is 204 g/mol. The molecule has 3 N–H and O–H groups in total. The third-order valence-corrected chi connectivity index (χ3v) is 2.34. The summed E-state index contributed by atoms with van der Waals surface area (Å²) in [5, 5.41) is 2.81. The Labute approximate surface area is 98.9 Å². The zero-order valence-corrected chi connectivity index (χ0v) is 10.6. The van der Waals surface area contributed by atoms with Crippen LogP contribution in [0.4, 0.5) is 0 Å². The Bertz CT molecular complexity index is 174. The smallest absolute Gasteiger partial charge is 0.236 e. The van der Waals surface area contributed by atoms with E-state index in [1.807, 2.05) is 6.92 Å². The van der Waals surface area contributed by atoms with E-state index in [1.165, 1.54) is 0 Å². The summed E-state index contributed by atoms with van der Waals surface area (Å²) in [6.07, 6.45) is 4.80. The van der Waals surface area contributed by atoms with Gasteiger partial charge in [-0.25, -0.2) is 0 Å². The molecule has 16 heavy (non-hydrogen) atoms. The third kappa shape index (κ3) is 8.68. The molecule has 0 unspecified atom stereocenters. The van der Waals surface area contributed by atoms with Crippen LogP contribution in [-0.2, 0) is 9.53 Å². The molecule has 0 aliphatic heterocycles. The molecule has 0 spiro atoms. The fraction of sp³-hybridized carbons (Fsp3) is 0.917. The van der Waals surface area contributed by atoms with Gasteiger partial charge in [0.1, 0.15) is 0 Å². The van der Waals surface area contributed by atoms with Gasteiger partial charge in [-0.3, -0.25) is 4.79 Å². The Morgan fingerprint density at radius 3 is 2.56 bits per heavy atom. The van der Waals surface area contributed by atoms with Crippen molar-refractivity contribution in [2.45, 2.75) is 52.0 Å². The monoisotopic (exact) mass is 230 g/mol. The first-order chi connectivity index (χ1) is 7.72. The summed E-state index contributed by atoms with van der Waals surface area (Å²) in [6.45, 7) is 6.35. The van der Waals surface area contributed by atoms with Crippen LogP contribution in [0.3, 0.4) is 0 Å². The zero-order valence-electron chi connectivity index (χ0n) is 10.6. The Balaban J connectivity index is 3.27. The molecule has 0 aromatic rings. The molecule has 0 rings (SSSR count). The number of hydrogen-bond acceptors (Lipinski definition) is 3. The zero-order chi connectivity index (χ0) is 12.2. The maximum absolute atomic E-state index is 11.4. The Morgan fingerprint density at radius 2 is 1.94 bits per heavy atom. The predicted octanol–water partition coefficient (Wildman–Crippen LogP) is 1.44. The molecule has 4 nitrogen and oxygen atoms in total. The molecule has 0 aromatic heterocycles. The van der Waals surface area contributed by atoms with Crippen molar-refractivity contribution in [2.24, 2.45) is 5.73 Å². The van der Waals surface area contributed by atoms with Gasteiger partial charge in [0.2, 0.25) is 5.91 Å². The van der Waals surface area contributed by atoms with Crippen LogP contribution < -0.4 is 11.1 Å². The van der Waals surface area contributed by atoms with Gasteiger partial charge in [-0.15, -0.1) is 0 Å². The van der Waals surface area contributed by atoms with Gasteiger partial charge in [-0.2, -0.15) is 0 Å². The van der Waals surface area contributed by atoms with Crippen LogP contribution in [0.1, 0.15) is 46.0 Å². The molecule has 0 saturated carbocycles. The van der Waals surface area contributed by atoms with Crippen LogP contribution in [0, 0.1) is 0 Å². The maximum atomic E-state index is 11.4. The quantitative estimate of drug-likeness (QED) is 0.558. The minimum Gasteiger partial charge on any atom is -0.381 e. The summed E-state index contributed by atoms with van der Waals surface area (Å²) in [4.78, 5) is 11.4. The summed E-state index contributed by atoms with van der Waals surface area (Å²) in [6, 6.07) is -0.356. The third-order valence-electron chi connectivity index (χ3n) is 2.34. The second kappa shape index (κ2) is 10.9. The molecule has 0 radical (unpaired) electrons. The number of carbonyl (C=O) groups excluding carboxylic acids is 1. The highest BCUT2D eigenvalue weighted by molar-refractivity contribution is 5.81. The van der Waals surface area contributed by atoms with Gasteiger partial charge in [-0.05, 0) is 19.3 Å². The number of nitrogens with two attached hydrogens (primary N) is 1. The van der Waals surface area contributed by atoms with E-state index in [0.717, 1.165) is 38.7 Å². The van der Waals surface area contributed by atoms with Crippen molar-refractivity contribution in [3.63, 3.8) is 0 Å². The second-order valence-corrected chi connectivity index (χ2v) is 4.01. The summed E-state index contributed by atoms with van der Waals surface area (Å²) >= 11 is 0. The molecule has 0 aliphatic carbocycles. The lowest BCUT2D eigenvalue weighted by Crippen LogP contribution is -2.40. The lowest BCUT2D eigenvalue weighted by atomic mass is 10.2. The molecule has 1 amide bonds. The number of carbonyl (C=O) groups is 1. The Kier molecular flexibility index (Phi) is 10.5. The Morgan fingerprint density at radius 1 is 1.25 bits per heavy atom. The van der Waals surface area contributed by atoms with Crippen molar-refractivity contribution in [1.82, 2.24) is 5.32 Å². The minimum absolute atomic E-state index is 0.0459. The molecular formula is C12H26N2O2. The van der Waals surface area contributed by atoms with Crippen molar-refractivity contribution in [1.29, 1.82) is 0 Å².